The summed E-state index contributed by atoms with van der Waals surface area (Å²) in [6.45, 7) is 3.04. The van der Waals surface area contributed by atoms with Crippen LogP contribution >= 0.6 is 11.6 Å². The molecule has 6 nitrogen and oxygen atoms in total. The lowest BCUT2D eigenvalue weighted by Crippen LogP contribution is -2.24. The lowest BCUT2D eigenvalue weighted by molar-refractivity contribution is -0.120. The first kappa shape index (κ1) is 20.6. The molecule has 0 unspecified atom stereocenters. The van der Waals surface area contributed by atoms with Crippen LogP contribution in [0.25, 0.3) is 0 Å². The highest BCUT2D eigenvalue weighted by Crippen LogP contribution is 2.25. The van der Waals surface area contributed by atoms with Crippen molar-refractivity contribution in [1.82, 2.24) is 15.3 Å². The first-order valence-electron chi connectivity index (χ1n) is 9.36. The summed E-state index contributed by atoms with van der Waals surface area (Å²) >= 11 is 5.76. The van der Waals surface area contributed by atoms with E-state index in [1.54, 1.807) is 30.6 Å². The monoisotopic (exact) mass is 411 g/mol. The largest absolute Gasteiger partial charge is 0.494 e. The lowest BCUT2D eigenvalue weighted by Gasteiger charge is -2.11. The van der Waals surface area contributed by atoms with Gasteiger partial charge in [0.05, 0.1) is 13.0 Å². The maximum absolute atomic E-state index is 12.2. The number of halogens is 1. The molecule has 0 aliphatic rings. The average molecular weight is 412 g/mol. The summed E-state index contributed by atoms with van der Waals surface area (Å²) in [5.74, 6) is 1.77. The van der Waals surface area contributed by atoms with Crippen molar-refractivity contribution in [3.05, 3.63) is 77.2 Å². The normalized spacial score (nSPS) is 10.4. The van der Waals surface area contributed by atoms with Crippen LogP contribution in [0, 0.1) is 0 Å². The zero-order chi connectivity index (χ0) is 20.5. The van der Waals surface area contributed by atoms with E-state index in [0.717, 1.165) is 23.3 Å². The second kappa shape index (κ2) is 10.4. The van der Waals surface area contributed by atoms with E-state index in [2.05, 4.69) is 22.2 Å². The zero-order valence-electron chi connectivity index (χ0n) is 16.1. The Morgan fingerprint density at radius 3 is 2.59 bits per heavy atom. The van der Waals surface area contributed by atoms with E-state index in [1.807, 2.05) is 30.3 Å². The molecule has 1 aromatic carbocycles. The molecule has 0 atom stereocenters. The van der Waals surface area contributed by atoms with Crippen molar-refractivity contribution < 1.29 is 14.3 Å². The van der Waals surface area contributed by atoms with Gasteiger partial charge < -0.3 is 14.8 Å². The van der Waals surface area contributed by atoms with Crippen LogP contribution in [-0.4, -0.2) is 22.5 Å². The van der Waals surface area contributed by atoms with E-state index >= 15 is 0 Å². The van der Waals surface area contributed by atoms with Crippen LogP contribution in [0.2, 0.25) is 5.15 Å². The first-order valence-corrected chi connectivity index (χ1v) is 9.73. The molecule has 0 aliphatic heterocycles. The number of aromatic nitrogens is 2. The minimum Gasteiger partial charge on any atom is -0.494 e. The second-order valence-corrected chi connectivity index (χ2v) is 6.72. The molecule has 7 heteroatoms. The smallest absolute Gasteiger partial charge is 0.224 e. The fourth-order valence-corrected chi connectivity index (χ4v) is 2.65. The van der Waals surface area contributed by atoms with Gasteiger partial charge in [-0.3, -0.25) is 4.79 Å². The molecule has 0 aliphatic carbocycles. The number of ether oxygens (including phenoxy) is 2. The predicted molar refractivity (Wildman–Crippen MR) is 111 cm³/mol. The number of carbonyl (C=O) groups is 1. The van der Waals surface area contributed by atoms with E-state index in [1.165, 1.54) is 0 Å². The third-order valence-electron chi connectivity index (χ3n) is 3.99. The Bertz CT molecular complexity index is 931. The molecule has 0 spiro atoms. The van der Waals surface area contributed by atoms with E-state index in [9.17, 15) is 4.79 Å². The van der Waals surface area contributed by atoms with Gasteiger partial charge in [-0.05, 0) is 48.4 Å². The minimum atomic E-state index is -0.124. The summed E-state index contributed by atoms with van der Waals surface area (Å²) in [5, 5.41) is 3.28. The molecule has 1 N–H and O–H groups in total. The molecular formula is C22H22ClN3O3. The topological polar surface area (TPSA) is 73.3 Å². The summed E-state index contributed by atoms with van der Waals surface area (Å²) in [6, 6.07) is 14.5. The fourth-order valence-electron chi connectivity index (χ4n) is 2.54. The van der Waals surface area contributed by atoms with Crippen molar-refractivity contribution in [2.45, 2.75) is 26.3 Å². The van der Waals surface area contributed by atoms with Gasteiger partial charge in [-0.25, -0.2) is 9.97 Å². The Morgan fingerprint density at radius 2 is 1.86 bits per heavy atom. The van der Waals surface area contributed by atoms with Crippen molar-refractivity contribution in [1.29, 1.82) is 0 Å². The number of carbonyl (C=O) groups excluding carboxylic acids is 1. The molecular weight excluding hydrogens is 390 g/mol. The van der Waals surface area contributed by atoms with Crippen LogP contribution in [0.15, 0.2) is 60.9 Å². The van der Waals surface area contributed by atoms with Crippen LogP contribution in [0.1, 0.15) is 24.5 Å². The summed E-state index contributed by atoms with van der Waals surface area (Å²) in [5.41, 5.74) is 1.57. The average Bonchev–Trinajstić information content (AvgIpc) is 2.74. The molecule has 0 fully saturated rings. The van der Waals surface area contributed by atoms with Crippen molar-refractivity contribution in [3.8, 4) is 17.4 Å². The van der Waals surface area contributed by atoms with Gasteiger partial charge in [0, 0.05) is 24.5 Å². The van der Waals surface area contributed by atoms with E-state index in [4.69, 9.17) is 21.1 Å². The number of nitrogens with zero attached hydrogens (tertiary/aromatic N) is 2. The van der Waals surface area contributed by atoms with Gasteiger partial charge in [-0.15, -0.1) is 0 Å². The summed E-state index contributed by atoms with van der Waals surface area (Å²) in [7, 11) is 0. The minimum absolute atomic E-state index is 0.124. The predicted octanol–water partition coefficient (Wildman–Crippen LogP) is 4.57. The molecule has 0 saturated heterocycles. The Kier molecular flexibility index (Phi) is 7.41. The first-order chi connectivity index (χ1) is 14.1. The second-order valence-electron chi connectivity index (χ2n) is 6.33. The molecule has 3 rings (SSSR count). The van der Waals surface area contributed by atoms with Crippen LogP contribution in [0.3, 0.4) is 0 Å². The Hall–Kier alpha value is -3.12. The van der Waals surface area contributed by atoms with Gasteiger partial charge in [-0.2, -0.15) is 0 Å². The number of pyridine rings is 2. The number of hydrogen-bond donors (Lipinski definition) is 1. The molecule has 2 heterocycles. The zero-order valence-corrected chi connectivity index (χ0v) is 16.9. The van der Waals surface area contributed by atoms with Crippen LogP contribution < -0.4 is 14.8 Å². The number of benzene rings is 1. The summed E-state index contributed by atoms with van der Waals surface area (Å²) in [6.07, 6.45) is 4.42. The molecule has 1 amide bonds. The van der Waals surface area contributed by atoms with Crippen molar-refractivity contribution in [2.75, 3.05) is 6.61 Å². The molecule has 0 bridgehead atoms. The maximum Gasteiger partial charge on any atom is 0.224 e. The van der Waals surface area contributed by atoms with E-state index < -0.39 is 0 Å². The van der Waals surface area contributed by atoms with E-state index in [0.29, 0.717) is 29.9 Å². The third kappa shape index (κ3) is 6.47. The van der Waals surface area contributed by atoms with Crippen LogP contribution in [0.4, 0.5) is 0 Å². The lowest BCUT2D eigenvalue weighted by atomic mass is 10.2. The van der Waals surface area contributed by atoms with Crippen LogP contribution in [0.5, 0.6) is 17.4 Å². The molecule has 3 aromatic rings. The van der Waals surface area contributed by atoms with Gasteiger partial charge in [0.2, 0.25) is 11.8 Å². The fraction of sp³-hybridized carbons (Fsp3) is 0.227. The molecule has 0 radical (unpaired) electrons. The van der Waals surface area contributed by atoms with Gasteiger partial charge in [0.15, 0.2) is 0 Å². The van der Waals surface area contributed by atoms with E-state index in [-0.39, 0.29) is 12.3 Å². The summed E-state index contributed by atoms with van der Waals surface area (Å²) < 4.78 is 11.5. The van der Waals surface area contributed by atoms with Crippen molar-refractivity contribution in [3.63, 3.8) is 0 Å². The number of amides is 1. The molecule has 29 heavy (non-hydrogen) atoms. The Labute approximate surface area is 174 Å². The van der Waals surface area contributed by atoms with Gasteiger partial charge in [0.1, 0.15) is 16.7 Å². The molecule has 2 aromatic heterocycles. The third-order valence-corrected chi connectivity index (χ3v) is 4.21. The highest BCUT2D eigenvalue weighted by molar-refractivity contribution is 6.29. The Morgan fingerprint density at radius 1 is 1.07 bits per heavy atom. The highest BCUT2D eigenvalue weighted by atomic mass is 35.5. The number of hydrogen-bond acceptors (Lipinski definition) is 5. The van der Waals surface area contributed by atoms with Gasteiger partial charge in [0.25, 0.3) is 0 Å². The number of nitrogens with one attached hydrogen (secondary N) is 1. The van der Waals surface area contributed by atoms with Crippen molar-refractivity contribution in [2.24, 2.45) is 0 Å². The molecule has 150 valence electrons. The van der Waals surface area contributed by atoms with Gasteiger partial charge >= 0.3 is 0 Å². The van der Waals surface area contributed by atoms with Crippen LogP contribution in [-0.2, 0) is 17.8 Å². The maximum atomic E-state index is 12.2. The molecule has 0 saturated carbocycles. The standard InChI is InChI=1S/C22H22ClN3O3/c1-2-12-28-18-6-8-19(9-7-18)29-22-17(4-3-11-24-22)15-26-21(27)13-16-5-10-20(23)25-14-16/h3-11,14H,2,12-13,15H2,1H3,(H,26,27). The highest BCUT2D eigenvalue weighted by Gasteiger charge is 2.09. The quantitative estimate of drug-likeness (QED) is 0.522. The Balaban J connectivity index is 1.58. The van der Waals surface area contributed by atoms with Crippen molar-refractivity contribution >= 4 is 17.5 Å². The number of rotatable bonds is 9. The summed E-state index contributed by atoms with van der Waals surface area (Å²) in [4.78, 5) is 20.5. The van der Waals surface area contributed by atoms with Gasteiger partial charge in [-0.1, -0.05) is 30.7 Å². The SMILES string of the molecule is CCCOc1ccc(Oc2ncccc2CNC(=O)Cc2ccc(Cl)nc2)cc1.